The van der Waals surface area contributed by atoms with Gasteiger partial charge >= 0.3 is 5.97 Å². The van der Waals surface area contributed by atoms with Crippen LogP contribution in [0.1, 0.15) is 98.8 Å². The third kappa shape index (κ3) is 5.84. The Labute approximate surface area is 237 Å². The minimum absolute atomic E-state index is 0.142. The molecule has 9 nitrogen and oxygen atoms in total. The maximum absolute atomic E-state index is 12.4. The highest BCUT2D eigenvalue weighted by atomic mass is 16.6. The largest absolute Gasteiger partial charge is 0.480 e. The van der Waals surface area contributed by atoms with Crippen LogP contribution in [0, 0.1) is 34.5 Å². The number of carboxylic acid groups (broad SMARTS) is 1. The topological polar surface area (TPSA) is 134 Å². The number of nitrogens with one attached hydrogen (secondary N) is 2. The number of hydrogen-bond acceptors (Lipinski definition) is 6. The van der Waals surface area contributed by atoms with E-state index in [1.165, 1.54) is 25.3 Å². The minimum Gasteiger partial charge on any atom is -0.480 e. The molecule has 0 radical (unpaired) electrons. The molecule has 40 heavy (non-hydrogen) atoms. The van der Waals surface area contributed by atoms with Crippen LogP contribution in [-0.4, -0.2) is 53.1 Å². The molecule has 0 aromatic rings. The first kappa shape index (κ1) is 30.3. The van der Waals surface area contributed by atoms with Gasteiger partial charge in [0, 0.05) is 5.92 Å². The quantitative estimate of drug-likeness (QED) is 0.341. The lowest BCUT2D eigenvalue weighted by Crippen LogP contribution is -2.51. The normalized spacial score (nSPS) is 35.3. The van der Waals surface area contributed by atoms with E-state index in [4.69, 9.17) is 4.84 Å². The Morgan fingerprint density at radius 1 is 1.07 bits per heavy atom. The maximum Gasteiger partial charge on any atom is 0.326 e. The van der Waals surface area contributed by atoms with Gasteiger partial charge in [-0.15, -0.1) is 0 Å². The molecule has 4 rings (SSSR count). The van der Waals surface area contributed by atoms with Crippen molar-refractivity contribution < 1.29 is 29.1 Å². The molecule has 0 aromatic heterocycles. The second-order valence-electron chi connectivity index (χ2n) is 13.1. The third-order valence-corrected chi connectivity index (χ3v) is 10.8. The molecule has 0 aromatic carbocycles. The molecular weight excluding hydrogens is 510 g/mol. The van der Waals surface area contributed by atoms with Crippen molar-refractivity contribution in [3.8, 4) is 0 Å². The standard InChI is InChI=1S/C31H47N3O6/c1-6-7-26(29(38)39)33-28(37)18(2)32-27(36)17-40-34-21-12-14-30(4)20(16-21)8-9-22-24-11-10-23(19(3)35)31(24,5)15-13-25(22)30/h16,18,22-26H,6-15,17H2,1-5H3,(H,32,36)(H,33,37)(H,38,39)/b34-21-/t18-,22+,23-,24+,25+,26+,30+,31-/m1/s1. The van der Waals surface area contributed by atoms with Crippen molar-refractivity contribution in [1.29, 1.82) is 0 Å². The lowest BCUT2D eigenvalue weighted by Gasteiger charge is -2.58. The summed E-state index contributed by atoms with van der Waals surface area (Å²) in [4.78, 5) is 53.7. The zero-order valence-corrected chi connectivity index (χ0v) is 24.8. The molecular formula is C31H47N3O6. The summed E-state index contributed by atoms with van der Waals surface area (Å²) in [5.41, 5.74) is 2.57. The van der Waals surface area contributed by atoms with Crippen molar-refractivity contribution in [2.75, 3.05) is 6.61 Å². The highest BCUT2D eigenvalue weighted by Crippen LogP contribution is 2.66. The number of ketones is 1. The molecule has 0 heterocycles. The third-order valence-electron chi connectivity index (χ3n) is 10.8. The molecule has 0 saturated heterocycles. The first-order valence-electron chi connectivity index (χ1n) is 15.1. The fourth-order valence-electron chi connectivity index (χ4n) is 8.68. The lowest BCUT2D eigenvalue weighted by atomic mass is 9.46. The predicted molar refractivity (Wildman–Crippen MR) is 151 cm³/mol. The highest BCUT2D eigenvalue weighted by Gasteiger charge is 2.59. The number of amides is 2. The molecule has 0 aliphatic heterocycles. The van der Waals surface area contributed by atoms with Gasteiger partial charge in [-0.25, -0.2) is 4.79 Å². The van der Waals surface area contributed by atoms with Gasteiger partial charge in [0.2, 0.25) is 5.91 Å². The van der Waals surface area contributed by atoms with Crippen LogP contribution in [0.15, 0.2) is 16.8 Å². The molecule has 4 aliphatic carbocycles. The Bertz CT molecular complexity index is 1080. The number of aliphatic carboxylic acids is 1. The van der Waals surface area contributed by atoms with Crippen LogP contribution in [0.25, 0.3) is 0 Å². The van der Waals surface area contributed by atoms with Gasteiger partial charge in [-0.3, -0.25) is 14.4 Å². The number of carboxylic acids is 1. The van der Waals surface area contributed by atoms with Gasteiger partial charge in [0.25, 0.3) is 5.91 Å². The fraction of sp³-hybridized carbons (Fsp3) is 0.774. The number of oxime groups is 1. The molecule has 0 bridgehead atoms. The first-order chi connectivity index (χ1) is 18.9. The summed E-state index contributed by atoms with van der Waals surface area (Å²) in [6, 6.07) is -1.87. The highest BCUT2D eigenvalue weighted by molar-refractivity contribution is 5.96. The number of hydrogen-bond donors (Lipinski definition) is 3. The summed E-state index contributed by atoms with van der Waals surface area (Å²) in [6.45, 7) is 9.61. The molecule has 3 fully saturated rings. The smallest absolute Gasteiger partial charge is 0.326 e. The average Bonchev–Trinajstić information content (AvgIpc) is 3.26. The molecule has 0 unspecified atom stereocenters. The van der Waals surface area contributed by atoms with Crippen molar-refractivity contribution in [2.45, 2.75) is 111 Å². The van der Waals surface area contributed by atoms with Gasteiger partial charge < -0.3 is 20.6 Å². The monoisotopic (exact) mass is 557 g/mol. The molecule has 9 heteroatoms. The number of fused-ring (bicyclic) bond motifs is 5. The van der Waals surface area contributed by atoms with Crippen LogP contribution in [0.4, 0.5) is 0 Å². The van der Waals surface area contributed by atoms with Crippen LogP contribution in [-0.2, 0) is 24.0 Å². The Hall–Kier alpha value is -2.71. The van der Waals surface area contributed by atoms with Crippen LogP contribution < -0.4 is 10.6 Å². The van der Waals surface area contributed by atoms with Crippen molar-refractivity contribution in [2.24, 2.45) is 39.7 Å². The average molecular weight is 558 g/mol. The summed E-state index contributed by atoms with van der Waals surface area (Å²) in [5.74, 6) is 0.407. The van der Waals surface area contributed by atoms with E-state index >= 15 is 0 Å². The summed E-state index contributed by atoms with van der Waals surface area (Å²) in [6.07, 6.45) is 11.6. The van der Waals surface area contributed by atoms with Crippen molar-refractivity contribution in [1.82, 2.24) is 10.6 Å². The van der Waals surface area contributed by atoms with E-state index < -0.39 is 29.9 Å². The number of rotatable bonds is 10. The molecule has 8 atom stereocenters. The number of nitrogens with zero attached hydrogens (tertiary/aromatic N) is 1. The second-order valence-corrected chi connectivity index (χ2v) is 13.1. The number of carbonyl (C=O) groups is 4. The second kappa shape index (κ2) is 12.0. The Balaban J connectivity index is 1.31. The Kier molecular flexibility index (Phi) is 9.10. The summed E-state index contributed by atoms with van der Waals surface area (Å²) in [7, 11) is 0. The van der Waals surface area contributed by atoms with Gasteiger partial charge in [0.1, 0.15) is 17.9 Å². The minimum atomic E-state index is -1.10. The van der Waals surface area contributed by atoms with Crippen molar-refractivity contribution in [3.05, 3.63) is 11.6 Å². The molecule has 222 valence electrons. The molecule has 3 N–H and O–H groups in total. The first-order valence-corrected chi connectivity index (χ1v) is 15.1. The van der Waals surface area contributed by atoms with Gasteiger partial charge in [-0.05, 0) is 106 Å². The molecule has 0 spiro atoms. The maximum atomic E-state index is 12.4. The fourth-order valence-corrected chi connectivity index (χ4v) is 8.68. The molecule has 3 saturated carbocycles. The van der Waals surface area contributed by atoms with E-state index in [1.54, 1.807) is 6.92 Å². The van der Waals surface area contributed by atoms with Crippen LogP contribution in [0.2, 0.25) is 0 Å². The van der Waals surface area contributed by atoms with Gasteiger partial charge in [0.15, 0.2) is 6.61 Å². The zero-order chi connectivity index (χ0) is 29.2. The van der Waals surface area contributed by atoms with Crippen LogP contribution >= 0.6 is 0 Å². The number of Topliss-reactive ketones (excluding diaryl/α,β-unsaturated/α-hetero) is 1. The van der Waals surface area contributed by atoms with Crippen molar-refractivity contribution >= 4 is 29.3 Å². The van der Waals surface area contributed by atoms with Crippen molar-refractivity contribution in [3.63, 3.8) is 0 Å². The number of carbonyl (C=O) groups excluding carboxylic acids is 3. The number of allylic oxidation sites excluding steroid dienone is 2. The van der Waals surface area contributed by atoms with E-state index in [0.29, 0.717) is 36.4 Å². The molecule has 4 aliphatic rings. The lowest BCUT2D eigenvalue weighted by molar-refractivity contribution is -0.142. The van der Waals surface area contributed by atoms with E-state index in [0.717, 1.165) is 44.2 Å². The van der Waals surface area contributed by atoms with E-state index in [-0.39, 0.29) is 23.4 Å². The van der Waals surface area contributed by atoms with Gasteiger partial charge in [-0.2, -0.15) is 0 Å². The van der Waals surface area contributed by atoms with Crippen LogP contribution in [0.3, 0.4) is 0 Å². The molecule has 2 amide bonds. The van der Waals surface area contributed by atoms with E-state index in [9.17, 15) is 24.3 Å². The van der Waals surface area contributed by atoms with Gasteiger partial charge in [-0.1, -0.05) is 37.9 Å². The van der Waals surface area contributed by atoms with E-state index in [1.807, 2.05) is 6.92 Å². The van der Waals surface area contributed by atoms with Crippen LogP contribution in [0.5, 0.6) is 0 Å². The SMILES string of the molecule is CCC[C@H](NC(=O)[C@@H](C)NC(=O)CO/N=C1\C=C2CC[C@H]3[C@@H]4CC[C@H](C(C)=O)[C@@]4(C)CC[C@@H]3[C@@]2(C)CC1)C(=O)O. The summed E-state index contributed by atoms with van der Waals surface area (Å²) < 4.78 is 0. The van der Waals surface area contributed by atoms with E-state index in [2.05, 4.69) is 35.7 Å². The Morgan fingerprint density at radius 3 is 2.50 bits per heavy atom. The predicted octanol–water partition coefficient (Wildman–Crippen LogP) is 4.40. The Morgan fingerprint density at radius 2 is 1.82 bits per heavy atom. The summed E-state index contributed by atoms with van der Waals surface area (Å²) >= 11 is 0. The zero-order valence-electron chi connectivity index (χ0n) is 24.8. The summed E-state index contributed by atoms with van der Waals surface area (Å²) in [5, 5.41) is 18.5. The van der Waals surface area contributed by atoms with Gasteiger partial charge in [0.05, 0.1) is 5.71 Å².